The maximum absolute atomic E-state index is 9.41. The van der Waals surface area contributed by atoms with Gasteiger partial charge in [-0.25, -0.2) is 0 Å². The Kier molecular flexibility index (Phi) is 4.86. The van der Waals surface area contributed by atoms with Crippen LogP contribution >= 0.6 is 0 Å². The van der Waals surface area contributed by atoms with Gasteiger partial charge in [0.25, 0.3) is 0 Å². The normalized spacial score (nSPS) is 18.2. The predicted molar refractivity (Wildman–Crippen MR) is 82.9 cm³/mol. The third-order valence-electron chi connectivity index (χ3n) is 4.05. The van der Waals surface area contributed by atoms with Crippen molar-refractivity contribution in [2.75, 3.05) is 26.2 Å². The molecule has 1 aromatic rings. The van der Waals surface area contributed by atoms with Gasteiger partial charge in [-0.3, -0.25) is 9.80 Å². The van der Waals surface area contributed by atoms with E-state index in [1.54, 1.807) is 6.07 Å². The second-order valence-corrected chi connectivity index (χ2v) is 6.51. The molecule has 1 aliphatic heterocycles. The highest BCUT2D eigenvalue weighted by Crippen LogP contribution is 2.16. The Bertz CT molecular complexity index is 438. The molecule has 1 saturated heterocycles. The predicted octanol–water partition coefficient (Wildman–Crippen LogP) is 0.283. The molecule has 0 aliphatic carbocycles. The molecular formula is C15H25BN2O2. The maximum atomic E-state index is 9.41. The number of rotatable bonds is 3. The molecule has 0 aromatic heterocycles. The first-order valence-corrected chi connectivity index (χ1v) is 7.29. The van der Waals surface area contributed by atoms with Crippen LogP contribution in [0, 0.1) is 0 Å². The summed E-state index contributed by atoms with van der Waals surface area (Å²) in [6, 6.07) is 7.55. The summed E-state index contributed by atoms with van der Waals surface area (Å²) in [5.41, 5.74) is 1.85. The van der Waals surface area contributed by atoms with Gasteiger partial charge < -0.3 is 10.0 Å². The summed E-state index contributed by atoms with van der Waals surface area (Å²) in [5.74, 6) is 0. The summed E-state index contributed by atoms with van der Waals surface area (Å²) in [5, 5.41) is 18.8. The van der Waals surface area contributed by atoms with Gasteiger partial charge >= 0.3 is 7.12 Å². The number of piperazine rings is 1. The number of nitrogens with zero attached hydrogens (tertiary/aromatic N) is 2. The smallest absolute Gasteiger partial charge is 0.423 e. The Morgan fingerprint density at radius 3 is 2.20 bits per heavy atom. The zero-order valence-electron chi connectivity index (χ0n) is 12.7. The van der Waals surface area contributed by atoms with Crippen molar-refractivity contribution in [2.24, 2.45) is 0 Å². The van der Waals surface area contributed by atoms with E-state index >= 15 is 0 Å². The van der Waals surface area contributed by atoms with Crippen LogP contribution in [-0.4, -0.2) is 58.7 Å². The first kappa shape index (κ1) is 15.5. The van der Waals surface area contributed by atoms with Gasteiger partial charge in [-0.05, 0) is 31.8 Å². The molecule has 1 aliphatic rings. The lowest BCUT2D eigenvalue weighted by Crippen LogP contribution is -2.53. The van der Waals surface area contributed by atoms with Crippen molar-refractivity contribution in [1.29, 1.82) is 0 Å². The summed E-state index contributed by atoms with van der Waals surface area (Å²) in [7, 11) is -1.39. The first-order valence-electron chi connectivity index (χ1n) is 7.29. The molecule has 0 spiro atoms. The third kappa shape index (κ3) is 3.82. The Labute approximate surface area is 122 Å². The molecule has 0 unspecified atom stereocenters. The number of benzene rings is 1. The van der Waals surface area contributed by atoms with Gasteiger partial charge in [0, 0.05) is 38.3 Å². The summed E-state index contributed by atoms with van der Waals surface area (Å²) < 4.78 is 0. The zero-order chi connectivity index (χ0) is 14.8. The maximum Gasteiger partial charge on any atom is 0.488 e. The fourth-order valence-electron chi connectivity index (χ4n) is 2.75. The highest BCUT2D eigenvalue weighted by atomic mass is 16.4. The first-order chi connectivity index (χ1) is 9.38. The van der Waals surface area contributed by atoms with Crippen molar-refractivity contribution in [2.45, 2.75) is 32.9 Å². The molecule has 4 nitrogen and oxygen atoms in total. The van der Waals surface area contributed by atoms with Gasteiger partial charge in [0.15, 0.2) is 0 Å². The fraction of sp³-hybridized carbons (Fsp3) is 0.600. The molecular weight excluding hydrogens is 251 g/mol. The highest BCUT2D eigenvalue weighted by Gasteiger charge is 2.26. The molecule has 0 saturated carbocycles. The molecule has 20 heavy (non-hydrogen) atoms. The highest BCUT2D eigenvalue weighted by molar-refractivity contribution is 6.59. The van der Waals surface area contributed by atoms with Crippen LogP contribution in [0.1, 0.15) is 26.3 Å². The molecule has 1 aromatic carbocycles. The van der Waals surface area contributed by atoms with Crippen LogP contribution in [0.2, 0.25) is 0 Å². The summed E-state index contributed by atoms with van der Waals surface area (Å²) in [6.45, 7) is 11.7. The Morgan fingerprint density at radius 2 is 1.65 bits per heavy atom. The summed E-state index contributed by atoms with van der Waals surface area (Å²) in [6.07, 6.45) is 0. The SMILES string of the molecule is CC(C)(C)N1CCN(Cc2ccccc2B(O)O)CC1. The summed E-state index contributed by atoms with van der Waals surface area (Å²) in [4.78, 5) is 4.87. The van der Waals surface area contributed by atoms with Crippen molar-refractivity contribution in [3.8, 4) is 0 Å². The lowest BCUT2D eigenvalue weighted by atomic mass is 9.77. The standard InChI is InChI=1S/C15H25BN2O2/c1-15(2,3)18-10-8-17(9-11-18)12-13-6-4-5-7-14(13)16(19)20/h4-7,19-20H,8-12H2,1-3H3. The van der Waals surface area contributed by atoms with Gasteiger partial charge in [0.1, 0.15) is 0 Å². The lowest BCUT2D eigenvalue weighted by Gasteiger charge is -2.42. The molecule has 0 radical (unpaired) electrons. The second kappa shape index (κ2) is 6.27. The molecule has 0 amide bonds. The average Bonchev–Trinajstić information content (AvgIpc) is 2.38. The Balaban J connectivity index is 1.96. The largest absolute Gasteiger partial charge is 0.488 e. The van der Waals surface area contributed by atoms with Crippen molar-refractivity contribution in [3.05, 3.63) is 29.8 Å². The minimum atomic E-state index is -1.39. The quantitative estimate of drug-likeness (QED) is 0.779. The molecule has 2 N–H and O–H groups in total. The van der Waals surface area contributed by atoms with E-state index in [2.05, 4.69) is 30.6 Å². The van der Waals surface area contributed by atoms with Gasteiger partial charge in [0.2, 0.25) is 0 Å². The average molecular weight is 276 g/mol. The third-order valence-corrected chi connectivity index (χ3v) is 4.05. The zero-order valence-corrected chi connectivity index (χ0v) is 12.7. The fourth-order valence-corrected chi connectivity index (χ4v) is 2.75. The molecule has 1 heterocycles. The molecule has 0 bridgehead atoms. The van der Waals surface area contributed by atoms with Gasteiger partial charge in [-0.1, -0.05) is 24.3 Å². The van der Waals surface area contributed by atoms with Gasteiger partial charge in [0.05, 0.1) is 0 Å². The summed E-state index contributed by atoms with van der Waals surface area (Å²) >= 11 is 0. The second-order valence-electron chi connectivity index (χ2n) is 6.51. The van der Waals surface area contributed by atoms with E-state index in [0.717, 1.165) is 38.3 Å². The van der Waals surface area contributed by atoms with E-state index in [4.69, 9.17) is 0 Å². The van der Waals surface area contributed by atoms with Crippen molar-refractivity contribution in [1.82, 2.24) is 9.80 Å². The van der Waals surface area contributed by atoms with Crippen LogP contribution < -0.4 is 5.46 Å². The van der Waals surface area contributed by atoms with Crippen LogP contribution in [0.15, 0.2) is 24.3 Å². The monoisotopic (exact) mass is 276 g/mol. The van der Waals surface area contributed by atoms with Crippen LogP contribution in [0.3, 0.4) is 0 Å². The van der Waals surface area contributed by atoms with E-state index in [-0.39, 0.29) is 5.54 Å². The topological polar surface area (TPSA) is 46.9 Å². The molecule has 5 heteroatoms. The number of hydrogen-bond donors (Lipinski definition) is 2. The Hall–Kier alpha value is -0.875. The van der Waals surface area contributed by atoms with E-state index in [1.165, 1.54) is 0 Å². The molecule has 110 valence electrons. The van der Waals surface area contributed by atoms with E-state index < -0.39 is 7.12 Å². The molecule has 0 atom stereocenters. The van der Waals surface area contributed by atoms with Crippen LogP contribution in [-0.2, 0) is 6.54 Å². The van der Waals surface area contributed by atoms with E-state index in [1.807, 2.05) is 18.2 Å². The van der Waals surface area contributed by atoms with E-state index in [9.17, 15) is 10.0 Å². The van der Waals surface area contributed by atoms with Crippen LogP contribution in [0.25, 0.3) is 0 Å². The van der Waals surface area contributed by atoms with E-state index in [0.29, 0.717) is 5.46 Å². The molecule has 1 fully saturated rings. The number of hydrogen-bond acceptors (Lipinski definition) is 4. The van der Waals surface area contributed by atoms with Gasteiger partial charge in [-0.15, -0.1) is 0 Å². The minimum Gasteiger partial charge on any atom is -0.423 e. The Morgan fingerprint density at radius 1 is 1.05 bits per heavy atom. The van der Waals surface area contributed by atoms with Crippen molar-refractivity contribution in [3.63, 3.8) is 0 Å². The van der Waals surface area contributed by atoms with Crippen molar-refractivity contribution >= 4 is 12.6 Å². The van der Waals surface area contributed by atoms with Crippen molar-refractivity contribution < 1.29 is 10.0 Å². The van der Waals surface area contributed by atoms with Gasteiger partial charge in [-0.2, -0.15) is 0 Å². The molecule has 2 rings (SSSR count). The lowest BCUT2D eigenvalue weighted by molar-refractivity contribution is 0.0592. The minimum absolute atomic E-state index is 0.227. The van der Waals surface area contributed by atoms with Crippen LogP contribution in [0.5, 0.6) is 0 Å². The van der Waals surface area contributed by atoms with Crippen LogP contribution in [0.4, 0.5) is 0 Å².